The van der Waals surface area contributed by atoms with E-state index in [9.17, 15) is 4.79 Å². The summed E-state index contributed by atoms with van der Waals surface area (Å²) in [4.78, 5) is 25.4. The summed E-state index contributed by atoms with van der Waals surface area (Å²) in [6.45, 7) is 22.3. The molecule has 1 fully saturated rings. The number of aromatic nitrogens is 2. The number of aryl methyl sites for hydroxylation is 1. The average Bonchev–Trinajstić information content (AvgIpc) is 2.81. The van der Waals surface area contributed by atoms with Crippen molar-refractivity contribution in [1.29, 1.82) is 0 Å². The van der Waals surface area contributed by atoms with E-state index in [1.807, 2.05) is 60.0 Å². The van der Waals surface area contributed by atoms with Crippen molar-refractivity contribution in [3.63, 3.8) is 0 Å². The Labute approximate surface area is 229 Å². The third kappa shape index (κ3) is 7.89. The van der Waals surface area contributed by atoms with Crippen molar-refractivity contribution in [1.82, 2.24) is 9.97 Å². The number of hydrogen-bond acceptors (Lipinski definition) is 6. The number of pyridine rings is 2. The van der Waals surface area contributed by atoms with Gasteiger partial charge in [-0.05, 0) is 77.9 Å². The highest BCUT2D eigenvalue weighted by Gasteiger charge is 2.37. The van der Waals surface area contributed by atoms with Gasteiger partial charge in [-0.1, -0.05) is 39.8 Å². The van der Waals surface area contributed by atoms with Gasteiger partial charge in [0, 0.05) is 47.9 Å². The molecule has 3 heterocycles. The molecule has 6 nitrogen and oxygen atoms in total. The van der Waals surface area contributed by atoms with Gasteiger partial charge < -0.3 is 14.4 Å². The van der Waals surface area contributed by atoms with Crippen LogP contribution in [0.5, 0.6) is 0 Å². The molecular formula is C32H47N3O3. The molecule has 0 radical (unpaired) electrons. The number of carbonyl (C=O) groups is 1. The number of nitrogens with zero attached hydrogens (tertiary/aromatic N) is 3. The number of esters is 1. The lowest BCUT2D eigenvalue weighted by molar-refractivity contribution is -0.171. The monoisotopic (exact) mass is 521 g/mol. The second-order valence-electron chi connectivity index (χ2n) is 12.8. The Balaban J connectivity index is 2.20. The van der Waals surface area contributed by atoms with E-state index < -0.39 is 11.7 Å². The predicted molar refractivity (Wildman–Crippen MR) is 156 cm³/mol. The van der Waals surface area contributed by atoms with Gasteiger partial charge in [0.15, 0.2) is 6.10 Å². The van der Waals surface area contributed by atoms with E-state index in [1.54, 1.807) is 0 Å². The zero-order valence-electron chi connectivity index (χ0n) is 25.1. The van der Waals surface area contributed by atoms with Crippen LogP contribution in [0.3, 0.4) is 0 Å². The first-order chi connectivity index (χ1) is 17.7. The van der Waals surface area contributed by atoms with Crippen molar-refractivity contribution in [2.24, 2.45) is 11.3 Å². The molecule has 2 aromatic rings. The molecule has 0 spiro atoms. The second kappa shape index (κ2) is 12.0. The van der Waals surface area contributed by atoms with Crippen molar-refractivity contribution in [3.05, 3.63) is 47.6 Å². The standard InChI is InChI=1S/C32H47N3O3/c1-21(2)11-13-25-14-12-24(19-34-25)26-20-33-23(5)27(28(26)35-17-15-32(9,10)16-18-35)29(38-31(6,7)8)30(36)37-22(3)4/h11-14,19-22,29H,15-18H2,1-10H3/b13-11+. The summed E-state index contributed by atoms with van der Waals surface area (Å²) in [5.41, 5.74) is 5.11. The lowest BCUT2D eigenvalue weighted by atomic mass is 9.82. The summed E-state index contributed by atoms with van der Waals surface area (Å²) in [7, 11) is 0. The van der Waals surface area contributed by atoms with Crippen molar-refractivity contribution in [3.8, 4) is 11.1 Å². The number of anilines is 1. The van der Waals surface area contributed by atoms with Gasteiger partial charge in [-0.15, -0.1) is 0 Å². The first kappa shape index (κ1) is 29.8. The highest BCUT2D eigenvalue weighted by atomic mass is 16.6. The molecule has 0 saturated carbocycles. The minimum Gasteiger partial charge on any atom is -0.461 e. The Morgan fingerprint density at radius 3 is 2.24 bits per heavy atom. The summed E-state index contributed by atoms with van der Waals surface area (Å²) in [5, 5.41) is 0. The van der Waals surface area contributed by atoms with Gasteiger partial charge in [-0.2, -0.15) is 0 Å². The van der Waals surface area contributed by atoms with Crippen molar-refractivity contribution >= 4 is 17.7 Å². The van der Waals surface area contributed by atoms with Crippen LogP contribution in [0.15, 0.2) is 30.6 Å². The van der Waals surface area contributed by atoms with E-state index in [0.717, 1.165) is 59.7 Å². The lowest BCUT2D eigenvalue weighted by Crippen LogP contribution is -2.39. The van der Waals surface area contributed by atoms with Gasteiger partial charge in [0.2, 0.25) is 0 Å². The summed E-state index contributed by atoms with van der Waals surface area (Å²) in [6, 6.07) is 4.12. The first-order valence-corrected chi connectivity index (χ1v) is 13.9. The van der Waals surface area contributed by atoms with Crippen LogP contribution in [0, 0.1) is 18.3 Å². The quantitative estimate of drug-likeness (QED) is 0.334. The van der Waals surface area contributed by atoms with Crippen molar-refractivity contribution < 1.29 is 14.3 Å². The molecule has 0 amide bonds. The van der Waals surface area contributed by atoms with E-state index >= 15 is 0 Å². The molecule has 0 aromatic carbocycles. The SMILES string of the molecule is Cc1ncc(-c2ccc(/C=C/C(C)C)nc2)c(N2CCC(C)(C)CC2)c1C(OC(C)(C)C)C(=O)OC(C)C. The molecule has 1 aliphatic rings. The molecule has 1 atom stereocenters. The van der Waals surface area contributed by atoms with Gasteiger partial charge in [0.25, 0.3) is 0 Å². The van der Waals surface area contributed by atoms with Crippen LogP contribution in [0.25, 0.3) is 17.2 Å². The highest BCUT2D eigenvalue weighted by Crippen LogP contribution is 2.43. The molecule has 0 bridgehead atoms. The first-order valence-electron chi connectivity index (χ1n) is 13.9. The minimum atomic E-state index is -0.893. The Kier molecular flexibility index (Phi) is 9.40. The zero-order valence-corrected chi connectivity index (χ0v) is 25.1. The van der Waals surface area contributed by atoms with Crippen molar-refractivity contribution in [2.75, 3.05) is 18.0 Å². The normalized spacial score (nSPS) is 16.9. The molecule has 6 heteroatoms. The fourth-order valence-corrected chi connectivity index (χ4v) is 4.64. The lowest BCUT2D eigenvalue weighted by Gasteiger charge is -2.41. The maximum Gasteiger partial charge on any atom is 0.340 e. The average molecular weight is 522 g/mol. The molecule has 1 saturated heterocycles. The molecule has 0 N–H and O–H groups in total. The highest BCUT2D eigenvalue weighted by molar-refractivity contribution is 5.87. The molecule has 0 aliphatic carbocycles. The number of carbonyl (C=O) groups excluding carboxylic acids is 1. The Bertz CT molecular complexity index is 1120. The molecule has 2 aromatic heterocycles. The molecule has 208 valence electrons. The molecule has 3 rings (SSSR count). The number of allylic oxidation sites excluding steroid dienone is 1. The third-order valence-corrected chi connectivity index (χ3v) is 6.77. The summed E-state index contributed by atoms with van der Waals surface area (Å²) in [5.74, 6) is 0.0727. The van der Waals surface area contributed by atoms with Gasteiger partial charge in [0.1, 0.15) is 0 Å². The van der Waals surface area contributed by atoms with E-state index in [0.29, 0.717) is 5.92 Å². The Morgan fingerprint density at radius 1 is 1.05 bits per heavy atom. The largest absolute Gasteiger partial charge is 0.461 e. The fraction of sp³-hybridized carbons (Fsp3) is 0.594. The Morgan fingerprint density at radius 2 is 1.71 bits per heavy atom. The van der Waals surface area contributed by atoms with Crippen LogP contribution >= 0.6 is 0 Å². The Hall–Kier alpha value is -2.73. The van der Waals surface area contributed by atoms with Crippen molar-refractivity contribution in [2.45, 2.75) is 99.9 Å². The summed E-state index contributed by atoms with van der Waals surface area (Å²) >= 11 is 0. The van der Waals surface area contributed by atoms with Gasteiger partial charge in [-0.3, -0.25) is 9.97 Å². The number of rotatable bonds is 8. The van der Waals surface area contributed by atoms with E-state index in [-0.39, 0.29) is 17.5 Å². The topological polar surface area (TPSA) is 64.5 Å². The van der Waals surface area contributed by atoms with Gasteiger partial charge in [-0.25, -0.2) is 4.79 Å². The van der Waals surface area contributed by atoms with Crippen LogP contribution in [-0.4, -0.2) is 40.7 Å². The second-order valence-corrected chi connectivity index (χ2v) is 12.8. The summed E-state index contributed by atoms with van der Waals surface area (Å²) < 4.78 is 12.2. The number of hydrogen-bond donors (Lipinski definition) is 0. The van der Waals surface area contributed by atoms with Crippen LogP contribution in [0.4, 0.5) is 5.69 Å². The van der Waals surface area contributed by atoms with Crippen LogP contribution in [-0.2, 0) is 14.3 Å². The van der Waals surface area contributed by atoms with E-state index in [2.05, 4.69) is 50.8 Å². The summed E-state index contributed by atoms with van der Waals surface area (Å²) in [6.07, 6.45) is 8.99. The molecule has 1 unspecified atom stereocenters. The van der Waals surface area contributed by atoms with Gasteiger partial charge >= 0.3 is 5.97 Å². The maximum absolute atomic E-state index is 13.5. The molecule has 38 heavy (non-hydrogen) atoms. The zero-order chi connectivity index (χ0) is 28.3. The number of piperidine rings is 1. The minimum absolute atomic E-state index is 0.250. The maximum atomic E-state index is 13.5. The van der Waals surface area contributed by atoms with Crippen LogP contribution < -0.4 is 4.90 Å². The van der Waals surface area contributed by atoms with E-state index in [1.165, 1.54) is 0 Å². The predicted octanol–water partition coefficient (Wildman–Crippen LogP) is 7.56. The smallest absolute Gasteiger partial charge is 0.340 e. The third-order valence-electron chi connectivity index (χ3n) is 6.77. The van der Waals surface area contributed by atoms with Crippen LogP contribution in [0.2, 0.25) is 0 Å². The van der Waals surface area contributed by atoms with Gasteiger partial charge in [0.05, 0.1) is 23.1 Å². The van der Waals surface area contributed by atoms with E-state index in [4.69, 9.17) is 19.4 Å². The van der Waals surface area contributed by atoms with Crippen LogP contribution in [0.1, 0.15) is 98.2 Å². The molecule has 1 aliphatic heterocycles. The fourth-order valence-electron chi connectivity index (χ4n) is 4.64. The number of ether oxygens (including phenoxy) is 2. The molecular weight excluding hydrogens is 474 g/mol.